The van der Waals surface area contributed by atoms with Crippen LogP contribution in [0.3, 0.4) is 0 Å². The third kappa shape index (κ3) is 3.57. The summed E-state index contributed by atoms with van der Waals surface area (Å²) in [4.78, 5) is 20.1. The lowest BCUT2D eigenvalue weighted by atomic mass is 9.59. The van der Waals surface area contributed by atoms with Crippen LogP contribution in [0.15, 0.2) is 42.5 Å². The lowest BCUT2D eigenvalue weighted by molar-refractivity contribution is 0.0971. The molecule has 2 atom stereocenters. The summed E-state index contributed by atoms with van der Waals surface area (Å²) in [6, 6.07) is 13.3. The zero-order valence-electron chi connectivity index (χ0n) is 18.8. The molecule has 31 heavy (non-hydrogen) atoms. The highest BCUT2D eigenvalue weighted by molar-refractivity contribution is 6.42. The Morgan fingerprint density at radius 2 is 1.97 bits per heavy atom. The Balaban J connectivity index is 1.25. The number of hydrogen-bond donors (Lipinski definition) is 0. The number of nitrogens with zero attached hydrogens (tertiary/aromatic N) is 3. The number of fused-ring (bicyclic) bond motifs is 3. The van der Waals surface area contributed by atoms with Gasteiger partial charge in [0.25, 0.3) is 0 Å². The largest absolute Gasteiger partial charge is 0.381 e. The highest BCUT2D eigenvalue weighted by atomic mass is 19.1. The van der Waals surface area contributed by atoms with E-state index in [0.717, 1.165) is 32.6 Å². The Kier molecular flexibility index (Phi) is 5.12. The number of ketones is 1. The molecule has 0 spiro atoms. The molecule has 0 radical (unpaired) electrons. The standard InChI is InChI=1S/C24H30B2FN3O/c1-28-21-5-2-4-18-19-14-29(12-3-6-22(31)16-7-9-17(27)10-8-16)13-11-20(19)30(23(18)21)15-24(28,25)26/h2,4-5,7-10,19-20H,3,6,11-15,25-26H2,1H3. The van der Waals surface area contributed by atoms with Crippen LogP contribution >= 0.6 is 0 Å². The van der Waals surface area contributed by atoms with E-state index in [1.54, 1.807) is 12.1 Å². The second-order valence-electron chi connectivity index (χ2n) is 10.0. The van der Waals surface area contributed by atoms with E-state index in [1.807, 2.05) is 0 Å². The first-order valence-corrected chi connectivity index (χ1v) is 11.5. The van der Waals surface area contributed by atoms with E-state index in [1.165, 1.54) is 35.5 Å². The van der Waals surface area contributed by atoms with E-state index in [2.05, 4.69) is 55.6 Å². The normalized spacial score (nSPS) is 24.1. The van der Waals surface area contributed by atoms with Gasteiger partial charge >= 0.3 is 0 Å². The second-order valence-corrected chi connectivity index (χ2v) is 10.0. The SMILES string of the molecule is BC1(B)CN2c3c(cccc3N1C)C1CN(CCCC(=O)c3ccc(F)cc3)CCC12. The molecule has 4 nitrogen and oxygen atoms in total. The van der Waals surface area contributed by atoms with Gasteiger partial charge in [-0.2, -0.15) is 0 Å². The topological polar surface area (TPSA) is 26.8 Å². The number of rotatable bonds is 5. The number of hydrogen-bond acceptors (Lipinski definition) is 4. The summed E-state index contributed by atoms with van der Waals surface area (Å²) in [5, 5.41) is 0.123. The number of carbonyl (C=O) groups excluding carboxylic acids is 1. The first-order valence-electron chi connectivity index (χ1n) is 11.5. The molecule has 1 saturated heterocycles. The quantitative estimate of drug-likeness (QED) is 0.548. The second kappa shape index (κ2) is 7.70. The molecule has 2 aromatic carbocycles. The minimum absolute atomic E-state index is 0.105. The van der Waals surface area contributed by atoms with Crippen molar-refractivity contribution < 1.29 is 9.18 Å². The summed E-state index contributed by atoms with van der Waals surface area (Å²) < 4.78 is 13.1. The minimum Gasteiger partial charge on any atom is -0.381 e. The Hall–Kier alpha value is -2.27. The van der Waals surface area contributed by atoms with Gasteiger partial charge in [0.2, 0.25) is 0 Å². The molecular weight excluding hydrogens is 387 g/mol. The highest BCUT2D eigenvalue weighted by Gasteiger charge is 2.47. The van der Waals surface area contributed by atoms with Crippen LogP contribution in [0.25, 0.3) is 0 Å². The minimum atomic E-state index is -0.299. The van der Waals surface area contributed by atoms with E-state index in [9.17, 15) is 9.18 Å². The number of halogens is 1. The Morgan fingerprint density at radius 1 is 1.19 bits per heavy atom. The van der Waals surface area contributed by atoms with Crippen molar-refractivity contribution >= 4 is 32.9 Å². The van der Waals surface area contributed by atoms with Crippen molar-refractivity contribution in [2.24, 2.45) is 0 Å². The molecule has 2 aromatic rings. The number of carbonyl (C=O) groups is 1. The average Bonchev–Trinajstić information content (AvgIpc) is 3.06. The van der Waals surface area contributed by atoms with Crippen LogP contribution in [0, 0.1) is 5.82 Å². The Labute approximate surface area is 186 Å². The van der Waals surface area contributed by atoms with Gasteiger partial charge < -0.3 is 14.7 Å². The van der Waals surface area contributed by atoms with Crippen LogP contribution in [0.4, 0.5) is 15.8 Å². The molecule has 2 unspecified atom stereocenters. The van der Waals surface area contributed by atoms with Gasteiger partial charge in [0.15, 0.2) is 5.78 Å². The van der Waals surface area contributed by atoms with Crippen LogP contribution in [-0.4, -0.2) is 71.0 Å². The summed E-state index contributed by atoms with van der Waals surface area (Å²) in [6.45, 7) is 4.16. The molecule has 0 aromatic heterocycles. The van der Waals surface area contributed by atoms with E-state index in [-0.39, 0.29) is 16.9 Å². The highest BCUT2D eigenvalue weighted by Crippen LogP contribution is 2.52. The third-order valence-electron chi connectivity index (χ3n) is 7.66. The predicted octanol–water partition coefficient (Wildman–Crippen LogP) is 1.84. The molecule has 160 valence electrons. The predicted molar refractivity (Wildman–Crippen MR) is 130 cm³/mol. The molecule has 7 heteroatoms. The van der Waals surface area contributed by atoms with Crippen LogP contribution in [-0.2, 0) is 0 Å². The van der Waals surface area contributed by atoms with Crippen molar-refractivity contribution in [1.82, 2.24) is 4.90 Å². The molecule has 0 N–H and O–H groups in total. The smallest absolute Gasteiger partial charge is 0.162 e. The molecule has 1 fully saturated rings. The summed E-state index contributed by atoms with van der Waals surface area (Å²) in [5.41, 5.74) is 4.92. The van der Waals surface area contributed by atoms with Gasteiger partial charge in [-0.1, -0.05) is 12.1 Å². The molecule has 3 heterocycles. The lowest BCUT2D eigenvalue weighted by Crippen LogP contribution is -2.61. The number of Topliss-reactive ketones (excluding diaryl/α,β-unsaturated/α-hetero) is 1. The van der Waals surface area contributed by atoms with Crippen molar-refractivity contribution in [2.45, 2.75) is 36.6 Å². The monoisotopic (exact) mass is 417 g/mol. The van der Waals surface area contributed by atoms with Gasteiger partial charge in [0, 0.05) is 50.6 Å². The summed E-state index contributed by atoms with van der Waals surface area (Å²) in [5.74, 6) is 0.346. The first-order chi connectivity index (χ1) is 14.8. The zero-order valence-corrected chi connectivity index (χ0v) is 18.8. The van der Waals surface area contributed by atoms with Crippen molar-refractivity contribution in [1.29, 1.82) is 0 Å². The molecule has 3 aliphatic heterocycles. The van der Waals surface area contributed by atoms with E-state index >= 15 is 0 Å². The van der Waals surface area contributed by atoms with E-state index in [4.69, 9.17) is 0 Å². The van der Waals surface area contributed by atoms with Crippen LogP contribution in [0.1, 0.15) is 41.1 Å². The average molecular weight is 417 g/mol. The maximum Gasteiger partial charge on any atom is 0.162 e. The van der Waals surface area contributed by atoms with Gasteiger partial charge in [-0.15, -0.1) is 0 Å². The maximum absolute atomic E-state index is 13.1. The van der Waals surface area contributed by atoms with Gasteiger partial charge in [0.05, 0.1) is 11.4 Å². The van der Waals surface area contributed by atoms with Crippen LogP contribution in [0.2, 0.25) is 0 Å². The lowest BCUT2D eigenvalue weighted by Gasteiger charge is -2.50. The van der Waals surface area contributed by atoms with E-state index < -0.39 is 0 Å². The summed E-state index contributed by atoms with van der Waals surface area (Å²) >= 11 is 0. The molecule has 5 rings (SSSR count). The van der Waals surface area contributed by atoms with Gasteiger partial charge in [0.1, 0.15) is 21.5 Å². The number of likely N-dealkylation sites (N-methyl/N-ethyl adjacent to an activating group) is 1. The third-order valence-corrected chi connectivity index (χ3v) is 7.66. The Bertz CT molecular complexity index is 997. The van der Waals surface area contributed by atoms with Gasteiger partial charge in [-0.05, 0) is 60.6 Å². The Morgan fingerprint density at radius 3 is 2.74 bits per heavy atom. The van der Waals surface area contributed by atoms with Crippen LogP contribution < -0.4 is 9.80 Å². The summed E-state index contributed by atoms with van der Waals surface area (Å²) in [7, 11) is 6.89. The van der Waals surface area contributed by atoms with Crippen LogP contribution in [0.5, 0.6) is 0 Å². The number of para-hydroxylation sites is 1. The summed E-state index contributed by atoms with van der Waals surface area (Å²) in [6.07, 6.45) is 2.53. The fourth-order valence-electron chi connectivity index (χ4n) is 5.77. The van der Waals surface area contributed by atoms with Gasteiger partial charge in [-0.25, -0.2) is 4.39 Å². The molecular formula is C24H30B2FN3O. The van der Waals surface area contributed by atoms with E-state index in [0.29, 0.717) is 23.9 Å². The number of benzene rings is 2. The van der Waals surface area contributed by atoms with Gasteiger partial charge in [-0.3, -0.25) is 4.79 Å². The first kappa shape index (κ1) is 20.6. The van der Waals surface area contributed by atoms with Crippen molar-refractivity contribution in [3.05, 3.63) is 59.4 Å². The maximum atomic E-state index is 13.1. The van der Waals surface area contributed by atoms with Crippen molar-refractivity contribution in [3.63, 3.8) is 0 Å². The number of anilines is 2. The molecule has 0 saturated carbocycles. The molecule has 0 amide bonds. The number of likely N-dealkylation sites (tertiary alicyclic amines) is 1. The zero-order chi connectivity index (χ0) is 21.8. The molecule has 0 aliphatic carbocycles. The van der Waals surface area contributed by atoms with Crippen molar-refractivity contribution in [2.75, 3.05) is 43.0 Å². The molecule has 3 aliphatic rings. The van der Waals surface area contributed by atoms with Crippen molar-refractivity contribution in [3.8, 4) is 0 Å². The molecule has 0 bridgehead atoms. The fraction of sp³-hybridized carbons (Fsp3) is 0.458. The number of piperidine rings is 1. The fourth-order valence-corrected chi connectivity index (χ4v) is 5.77.